The van der Waals surface area contributed by atoms with E-state index in [9.17, 15) is 80.5 Å². The third-order valence-electron chi connectivity index (χ3n) is 9.83. The molecule has 52 heavy (non-hydrogen) atoms. The van der Waals surface area contributed by atoms with E-state index in [-0.39, 0.29) is 11.1 Å². The zero-order valence-corrected chi connectivity index (χ0v) is 27.5. The maximum atomic E-state index is 13.6. The first-order chi connectivity index (χ1) is 24.1. The number of hydrogen-bond acceptors (Lipinski definition) is 12. The van der Waals surface area contributed by atoms with E-state index in [1.54, 1.807) is 0 Å². The number of fused-ring (bicyclic) bond motifs is 8. The van der Waals surface area contributed by atoms with Gasteiger partial charge in [-0.15, -0.1) is 0 Å². The van der Waals surface area contributed by atoms with Crippen LogP contribution in [0.5, 0.6) is 46.0 Å². The van der Waals surface area contributed by atoms with Crippen LogP contribution in [0.15, 0.2) is 24.3 Å². The largest absolute Gasteiger partial charge is 0.872 e. The predicted octanol–water partition coefficient (Wildman–Crippen LogP) is 2.52. The van der Waals surface area contributed by atoms with Gasteiger partial charge in [-0.2, -0.15) is 0 Å². The minimum atomic E-state index is -1.99. The van der Waals surface area contributed by atoms with E-state index in [4.69, 9.17) is 0 Å². The van der Waals surface area contributed by atoms with Crippen molar-refractivity contribution in [1.29, 1.82) is 0 Å². The molecule has 8 N–H and O–H groups in total. The lowest BCUT2D eigenvalue weighted by Gasteiger charge is -2.35. The summed E-state index contributed by atoms with van der Waals surface area (Å²) >= 11 is 0. The van der Waals surface area contributed by atoms with Gasteiger partial charge in [-0.3, -0.25) is 0 Å². The van der Waals surface area contributed by atoms with Gasteiger partial charge >= 0.3 is 23.9 Å². The number of aromatic hydroxyl groups is 4. The van der Waals surface area contributed by atoms with Crippen molar-refractivity contribution in [1.82, 2.24) is 0 Å². The Labute approximate surface area is 292 Å². The summed E-state index contributed by atoms with van der Waals surface area (Å²) in [6.45, 7) is 4.90. The lowest BCUT2D eigenvalue weighted by atomic mass is 9.78. The molecule has 0 radical (unpaired) electrons. The van der Waals surface area contributed by atoms with Gasteiger partial charge in [0.05, 0.1) is 0 Å². The highest BCUT2D eigenvalue weighted by Gasteiger charge is 2.34. The molecular weight excluding hydrogens is 688 g/mol. The van der Waals surface area contributed by atoms with Crippen molar-refractivity contribution in [2.75, 3.05) is 0 Å². The topological polar surface area (TPSA) is 322 Å². The van der Waals surface area contributed by atoms with Crippen molar-refractivity contribution in [2.24, 2.45) is 0 Å². The van der Waals surface area contributed by atoms with Gasteiger partial charge in [0.25, 0.3) is 0 Å². The number of carbonyl (C=O) groups is 4. The molecule has 5 rings (SSSR count). The SMILES string of the molecule is CC1c2cc(c([O-])c(C(=O)O)c2[O-])C(C)c2cc(c(O)c(C(=O)O)c2O)C(C)c2cc(c(O)c(C(=O)O)c2O)C(C)c2cc1c([O-])c(C(=O)O)c2[O-]. The average Bonchev–Trinajstić information content (AvgIpc) is 3.03. The Morgan fingerprint density at radius 3 is 0.769 bits per heavy atom. The number of phenols is 4. The van der Waals surface area contributed by atoms with Gasteiger partial charge in [0, 0.05) is 57.1 Å². The van der Waals surface area contributed by atoms with Crippen LogP contribution in [0.1, 0.15) is 137 Å². The molecule has 272 valence electrons. The molecule has 1 aliphatic carbocycles. The molecule has 0 fully saturated rings. The summed E-state index contributed by atoms with van der Waals surface area (Å²) in [5.41, 5.74) is -8.46. The fraction of sp³-hybridized carbons (Fsp3) is 0.222. The maximum Gasteiger partial charge on any atom is 0.343 e. The maximum absolute atomic E-state index is 13.6. The minimum absolute atomic E-state index is 0.379. The van der Waals surface area contributed by atoms with E-state index < -0.39 is 149 Å². The quantitative estimate of drug-likeness (QED) is 0.150. The van der Waals surface area contributed by atoms with E-state index in [0.717, 1.165) is 24.3 Å². The minimum Gasteiger partial charge on any atom is -0.872 e. The molecule has 0 spiro atoms. The third kappa shape index (κ3) is 5.23. The van der Waals surface area contributed by atoms with Crippen molar-refractivity contribution in [3.63, 3.8) is 0 Å². The lowest BCUT2D eigenvalue weighted by molar-refractivity contribution is -0.283. The first-order valence-corrected chi connectivity index (χ1v) is 15.4. The highest BCUT2D eigenvalue weighted by atomic mass is 16.4. The number of benzene rings is 4. The number of hydrogen-bond donors (Lipinski definition) is 8. The Bertz CT molecular complexity index is 1840. The van der Waals surface area contributed by atoms with Crippen LogP contribution in [0, 0.1) is 0 Å². The van der Waals surface area contributed by atoms with Crippen molar-refractivity contribution in [3.05, 3.63) is 91.0 Å². The van der Waals surface area contributed by atoms with Crippen molar-refractivity contribution in [3.8, 4) is 46.0 Å². The molecule has 0 amide bonds. The van der Waals surface area contributed by atoms with Crippen LogP contribution in [-0.4, -0.2) is 64.7 Å². The highest BCUT2D eigenvalue weighted by Crippen LogP contribution is 2.52. The van der Waals surface area contributed by atoms with Crippen LogP contribution in [0.25, 0.3) is 0 Å². The standard InChI is InChI=1S/C36H32O16/c1-9-13-5-15(27(39)21(25(13)37)33(45)46)10(2)17-7-19(31(43)23(29(17)41)35(49)50)12(4)20-8-18(30(42)24(32(20)44)36(51)52)11(3)16-6-14(9)26(38)22(28(16)40)34(47)48/h5-12,37-44H,1-4H3,(H,45,46)(H,47,48)(H,49,50)(H,51,52)/p-4. The van der Waals surface area contributed by atoms with Gasteiger partial charge in [-0.05, 0) is 34.4 Å². The third-order valence-corrected chi connectivity index (χ3v) is 9.83. The second-order valence-corrected chi connectivity index (χ2v) is 12.5. The van der Waals surface area contributed by atoms with Crippen LogP contribution < -0.4 is 20.4 Å². The average molecular weight is 717 g/mol. The molecule has 2 atom stereocenters. The van der Waals surface area contributed by atoms with Gasteiger partial charge in [-0.1, -0.05) is 62.8 Å². The van der Waals surface area contributed by atoms with Crippen molar-refractivity contribution < 1.29 is 80.5 Å². The summed E-state index contributed by atoms with van der Waals surface area (Å²) in [5.74, 6) is -23.4. The van der Waals surface area contributed by atoms with Crippen LogP contribution in [0.3, 0.4) is 0 Å². The number of carboxylic acids is 4. The fourth-order valence-corrected chi connectivity index (χ4v) is 6.86. The monoisotopic (exact) mass is 716 g/mol. The molecule has 8 bridgehead atoms. The molecule has 0 heterocycles. The van der Waals surface area contributed by atoms with Crippen molar-refractivity contribution in [2.45, 2.75) is 51.4 Å². The molecule has 4 aromatic carbocycles. The van der Waals surface area contributed by atoms with Gasteiger partial charge in [0.15, 0.2) is 0 Å². The summed E-state index contributed by atoms with van der Waals surface area (Å²) in [7, 11) is 0. The summed E-state index contributed by atoms with van der Waals surface area (Å²) in [6, 6.07) is 3.88. The van der Waals surface area contributed by atoms with E-state index in [1.165, 1.54) is 27.7 Å². The van der Waals surface area contributed by atoms with Gasteiger partial charge in [0.1, 0.15) is 34.1 Å². The summed E-state index contributed by atoms with van der Waals surface area (Å²) in [4.78, 5) is 49.4. The van der Waals surface area contributed by atoms with E-state index in [0.29, 0.717) is 0 Å². The summed E-state index contributed by atoms with van der Waals surface area (Å²) < 4.78 is 0. The van der Waals surface area contributed by atoms with Crippen LogP contribution >= 0.6 is 0 Å². The Hall–Kier alpha value is -6.84. The van der Waals surface area contributed by atoms with E-state index in [2.05, 4.69) is 0 Å². The van der Waals surface area contributed by atoms with Gasteiger partial charge in [0.2, 0.25) is 0 Å². The van der Waals surface area contributed by atoms with E-state index in [1.807, 2.05) is 0 Å². The molecule has 0 saturated heterocycles. The van der Waals surface area contributed by atoms with Crippen LogP contribution in [0.4, 0.5) is 0 Å². The zero-order chi connectivity index (χ0) is 39.0. The Morgan fingerprint density at radius 2 is 0.558 bits per heavy atom. The molecule has 0 aliphatic heterocycles. The predicted molar refractivity (Wildman–Crippen MR) is 168 cm³/mol. The molecular formula is C36H28O16-4. The van der Waals surface area contributed by atoms with E-state index >= 15 is 0 Å². The lowest BCUT2D eigenvalue weighted by Crippen LogP contribution is -2.19. The van der Waals surface area contributed by atoms with Crippen LogP contribution in [0.2, 0.25) is 0 Å². The molecule has 16 heteroatoms. The summed E-state index contributed by atoms with van der Waals surface area (Å²) in [5, 5.41) is 139. The normalized spacial score (nSPS) is 18.1. The highest BCUT2D eigenvalue weighted by molar-refractivity contribution is 5.98. The van der Waals surface area contributed by atoms with Gasteiger partial charge < -0.3 is 61.3 Å². The molecule has 0 saturated carbocycles. The smallest absolute Gasteiger partial charge is 0.343 e. The second-order valence-electron chi connectivity index (χ2n) is 12.5. The number of rotatable bonds is 4. The first-order valence-electron chi connectivity index (χ1n) is 15.4. The van der Waals surface area contributed by atoms with Crippen molar-refractivity contribution >= 4 is 23.9 Å². The molecule has 4 aromatic rings. The number of aromatic carboxylic acids is 4. The molecule has 2 unspecified atom stereocenters. The summed E-state index contributed by atoms with van der Waals surface area (Å²) in [6.07, 6.45) is 0. The Balaban J connectivity index is 2.08. The number of carboxylic acid groups (broad SMARTS) is 4. The Kier molecular flexibility index (Phi) is 8.75. The molecule has 1 aliphatic rings. The van der Waals surface area contributed by atoms with Gasteiger partial charge in [-0.25, -0.2) is 19.2 Å². The zero-order valence-electron chi connectivity index (χ0n) is 27.5. The van der Waals surface area contributed by atoms with Crippen LogP contribution in [-0.2, 0) is 0 Å². The fourth-order valence-electron chi connectivity index (χ4n) is 6.86. The second kappa shape index (κ2) is 12.5. The first kappa shape index (κ1) is 36.4. The Morgan fingerprint density at radius 1 is 0.385 bits per heavy atom. The molecule has 0 aromatic heterocycles. The molecule has 16 nitrogen and oxygen atoms in total.